The Morgan fingerprint density at radius 1 is 0.857 bits per heavy atom. The first-order valence-corrected chi connectivity index (χ1v) is 3.69. The summed E-state index contributed by atoms with van der Waals surface area (Å²) in [6.07, 6.45) is 0. The molecule has 4 nitrogen and oxygen atoms in total. The zero-order valence-corrected chi connectivity index (χ0v) is 3.85. The van der Waals surface area contributed by atoms with E-state index in [0.29, 0.717) is 0 Å². The van der Waals surface area contributed by atoms with Crippen molar-refractivity contribution in [3.8, 4) is 0 Å². The average Bonchev–Trinajstić information content (AvgIpc) is 0.722. The van der Waals surface area contributed by atoms with E-state index in [9.17, 15) is 0 Å². The van der Waals surface area contributed by atoms with Crippen molar-refractivity contribution in [2.75, 3.05) is 0 Å². The number of hydrogen-bond donors (Lipinski definition) is 4. The molecule has 0 amide bonds. The van der Waals surface area contributed by atoms with Gasteiger partial charge in [0.15, 0.2) is 0 Å². The van der Waals surface area contributed by atoms with Crippen LogP contribution in [0.15, 0.2) is 0 Å². The number of rotatable bonds is 0. The number of hydrogen-bond acceptors (Lipinski definition) is 4. The quantitative estimate of drug-likeness (QED) is 0.311. The second kappa shape index (κ2) is 6.22. The van der Waals surface area contributed by atoms with Gasteiger partial charge in [-0.15, -0.1) is 0 Å². The first-order valence-electron chi connectivity index (χ1n) is 0.894. The molecule has 7 heteroatoms. The molecule has 0 bridgehead atoms. The Morgan fingerprint density at radius 2 is 0.857 bits per heavy atom. The molecule has 7 heavy (non-hydrogen) atoms. The summed E-state index contributed by atoms with van der Waals surface area (Å²) in [6.45, 7) is 0. The van der Waals surface area contributed by atoms with Crippen molar-refractivity contribution < 1.29 is 32.9 Å². The summed E-state index contributed by atoms with van der Waals surface area (Å²) in [4.78, 5) is 0. The molecule has 0 aliphatic rings. The fraction of sp³-hybridized carbons (Fsp3) is 0. The van der Waals surface area contributed by atoms with Crippen LogP contribution in [0, 0.1) is 0 Å². The monoisotopic (exact) mass is 220 g/mol. The third kappa shape index (κ3) is 68.4. The third-order valence-corrected chi connectivity index (χ3v) is 0. The van der Waals surface area contributed by atoms with Crippen molar-refractivity contribution in [2.45, 2.75) is 0 Å². The average molecular weight is 219 g/mol. The van der Waals surface area contributed by atoms with Crippen molar-refractivity contribution in [1.82, 2.24) is 0 Å². The van der Waals surface area contributed by atoms with Crippen LogP contribution in [-0.2, 0) is 18.1 Å². The Hall–Kier alpha value is 2.10. The van der Waals surface area contributed by atoms with Crippen LogP contribution >= 0.6 is 0 Å². The van der Waals surface area contributed by atoms with Crippen LogP contribution in [0.5, 0.6) is 0 Å². The summed E-state index contributed by atoms with van der Waals surface area (Å²) in [5.74, 6) is 0. The van der Waals surface area contributed by atoms with Crippen molar-refractivity contribution in [3.05, 3.63) is 0 Å². The van der Waals surface area contributed by atoms with E-state index >= 15 is 0 Å². The maximum absolute atomic E-state index is 7.38. The van der Waals surface area contributed by atoms with E-state index in [-0.39, 0.29) is 53.9 Å². The third-order valence-electron chi connectivity index (χ3n) is 0. The Bertz CT molecular complexity index is 27.2. The van der Waals surface area contributed by atoms with Crippen molar-refractivity contribution >= 4 is 53.9 Å². The van der Waals surface area contributed by atoms with Gasteiger partial charge >= 0.3 is 78.4 Å². The minimum absolute atomic E-state index is 0. The van der Waals surface area contributed by atoms with E-state index in [1.54, 1.807) is 0 Å². The summed E-state index contributed by atoms with van der Waals surface area (Å²) >= 11 is -5.00. The van der Waals surface area contributed by atoms with Gasteiger partial charge in [0, 0.05) is 0 Å². The van der Waals surface area contributed by atoms with E-state index in [4.69, 9.17) is 14.8 Å². The van der Waals surface area contributed by atoms with Gasteiger partial charge in [0.2, 0.25) is 0 Å². The van der Waals surface area contributed by atoms with E-state index in [1.165, 1.54) is 0 Å². The molecule has 0 unspecified atom stereocenters. The van der Waals surface area contributed by atoms with Gasteiger partial charge in [-0.3, -0.25) is 0 Å². The molecule has 0 atom stereocenters. The summed E-state index contributed by atoms with van der Waals surface area (Å²) in [7, 11) is 0. The Morgan fingerprint density at radius 3 is 0.857 bits per heavy atom. The van der Waals surface area contributed by atoms with Crippen LogP contribution < -0.4 is 0 Å². The standard InChI is InChI=1S/BH3.4H2O.Sr.Ti.2H/h1H3;4*1H2;;;;/q;;;;;;+4;;/p-4. The van der Waals surface area contributed by atoms with Crippen molar-refractivity contribution in [3.63, 3.8) is 0 Å². The summed E-state index contributed by atoms with van der Waals surface area (Å²) in [6, 6.07) is 0. The molecule has 42 valence electrons. The summed E-state index contributed by atoms with van der Waals surface area (Å²) < 4.78 is 29.5. The molecule has 0 aromatic heterocycles. The normalized spacial score (nSPS) is 8.57. The Kier molecular flexibility index (Phi) is 14.3. The van der Waals surface area contributed by atoms with Gasteiger partial charge in [-0.1, -0.05) is 0 Å². The second-order valence-electron chi connectivity index (χ2n) is 0.600. The first kappa shape index (κ1) is 16.0. The molecule has 0 radical (unpaired) electrons. The molecule has 0 aromatic rings. The Balaban J connectivity index is -0.0000000800. The van der Waals surface area contributed by atoms with Crippen LogP contribution in [0.1, 0.15) is 0 Å². The topological polar surface area (TPSA) is 80.9 Å². The molecule has 0 saturated heterocycles. The molecule has 0 spiro atoms. The maximum atomic E-state index is 7.38. The first-order chi connectivity index (χ1) is 2.00. The molecule has 0 saturated carbocycles. The van der Waals surface area contributed by atoms with E-state index < -0.39 is 18.1 Å². The second-order valence-corrected chi connectivity index (χ2v) is 2.47. The van der Waals surface area contributed by atoms with Gasteiger partial charge in [-0.05, 0) is 0 Å². The van der Waals surface area contributed by atoms with Crippen molar-refractivity contribution in [1.29, 1.82) is 0 Å². The van der Waals surface area contributed by atoms with Crippen LogP contribution in [0.4, 0.5) is 0 Å². The predicted octanol–water partition coefficient (Wildman–Crippen LogP) is -4.33. The van der Waals surface area contributed by atoms with Gasteiger partial charge in [0.05, 0.1) is 8.41 Å². The van der Waals surface area contributed by atoms with Gasteiger partial charge in [0.25, 0.3) is 0 Å². The molecule has 0 fully saturated rings. The molecule has 0 aromatic carbocycles. The van der Waals surface area contributed by atoms with Gasteiger partial charge < -0.3 is 0 Å². The molecule has 0 rings (SSSR count). The molecular weight excluding hydrogens is 210 g/mol. The molecule has 4 N–H and O–H groups in total. The zero-order chi connectivity index (χ0) is 4.50. The zero-order valence-electron chi connectivity index (χ0n) is 2.29. The van der Waals surface area contributed by atoms with E-state index in [2.05, 4.69) is 0 Å². The summed E-state index contributed by atoms with van der Waals surface area (Å²) in [5.41, 5.74) is 0. The van der Waals surface area contributed by atoms with Gasteiger partial charge in [-0.2, -0.15) is 0 Å². The minimum atomic E-state index is -5.00. The fourth-order valence-corrected chi connectivity index (χ4v) is 0. The van der Waals surface area contributed by atoms with Crippen LogP contribution in [0.25, 0.3) is 0 Å². The Labute approximate surface area is 85.3 Å². The van der Waals surface area contributed by atoms with Crippen molar-refractivity contribution in [2.24, 2.45) is 0 Å². The summed E-state index contributed by atoms with van der Waals surface area (Å²) in [5, 5.41) is 0. The van der Waals surface area contributed by atoms with Gasteiger partial charge in [0.1, 0.15) is 0 Å². The molecule has 0 heterocycles. The fourth-order valence-electron chi connectivity index (χ4n) is 0. The molecule has 0 aliphatic heterocycles. The van der Waals surface area contributed by atoms with Crippen LogP contribution in [0.3, 0.4) is 0 Å². The molecular formula is H9BO4SrTi. The van der Waals surface area contributed by atoms with Crippen LogP contribution in [0.2, 0.25) is 0 Å². The predicted molar refractivity (Wildman–Crippen MR) is 27.4 cm³/mol. The van der Waals surface area contributed by atoms with Gasteiger partial charge in [-0.25, -0.2) is 0 Å². The SMILES string of the molecule is B.[OH][Ti]([OH])([OH])[OH].[SrH2]. The van der Waals surface area contributed by atoms with E-state index in [1.807, 2.05) is 0 Å². The van der Waals surface area contributed by atoms with Crippen LogP contribution in [-0.4, -0.2) is 68.6 Å². The van der Waals surface area contributed by atoms with E-state index in [0.717, 1.165) is 0 Å². The molecule has 0 aliphatic carbocycles.